The lowest BCUT2D eigenvalue weighted by molar-refractivity contribution is 0.252. The second-order valence-electron chi connectivity index (χ2n) is 6.94. The molecule has 0 bridgehead atoms. The van der Waals surface area contributed by atoms with E-state index in [-0.39, 0.29) is 16.4 Å². The highest BCUT2D eigenvalue weighted by Gasteiger charge is 2.14. The molecule has 0 aliphatic carbocycles. The van der Waals surface area contributed by atoms with Gasteiger partial charge in [0.2, 0.25) is 0 Å². The molecule has 3 N–H and O–H groups in total. The number of anilines is 2. The first-order valence-electron chi connectivity index (χ1n) is 10.4. The number of ether oxygens (including phenoxy) is 1. The summed E-state index contributed by atoms with van der Waals surface area (Å²) in [5.74, 6) is 1.83. The molecule has 8 nitrogen and oxygen atoms in total. The Bertz CT molecular complexity index is 1010. The first-order valence-corrected chi connectivity index (χ1v) is 10.4. The van der Waals surface area contributed by atoms with Gasteiger partial charge in [-0.3, -0.25) is 4.98 Å². The Labute approximate surface area is 187 Å². The van der Waals surface area contributed by atoms with E-state index in [0.29, 0.717) is 23.8 Å². The van der Waals surface area contributed by atoms with Gasteiger partial charge in [-0.25, -0.2) is 14.8 Å². The van der Waals surface area contributed by atoms with Crippen LogP contribution in [0.15, 0.2) is 55.0 Å². The van der Waals surface area contributed by atoms with Crippen LogP contribution in [0, 0.1) is 0 Å². The molecule has 0 radical (unpaired) electrons. The van der Waals surface area contributed by atoms with Crippen molar-refractivity contribution in [3.05, 3.63) is 60.6 Å². The van der Waals surface area contributed by atoms with Gasteiger partial charge in [0.25, 0.3) is 0 Å². The summed E-state index contributed by atoms with van der Waals surface area (Å²) in [7, 11) is 1.56. The molecule has 1 atom stereocenters. The molecule has 2 amide bonds. The zero-order chi connectivity index (χ0) is 22.1. The van der Waals surface area contributed by atoms with Gasteiger partial charge in [-0.15, -0.1) is 0 Å². The summed E-state index contributed by atoms with van der Waals surface area (Å²) in [4.78, 5) is 25.2. The summed E-state index contributed by atoms with van der Waals surface area (Å²) in [6.07, 6.45) is 7.36. The first kappa shape index (κ1) is 22.0. The van der Waals surface area contributed by atoms with E-state index in [1.54, 1.807) is 25.6 Å². The van der Waals surface area contributed by atoms with Crippen LogP contribution in [0.3, 0.4) is 0 Å². The number of aromatic nitrogens is 3. The van der Waals surface area contributed by atoms with Crippen molar-refractivity contribution in [2.75, 3.05) is 24.3 Å². The molecule has 0 aliphatic heterocycles. The van der Waals surface area contributed by atoms with Crippen molar-refractivity contribution in [1.29, 1.82) is 0 Å². The first-order chi connectivity index (χ1) is 15.1. The number of pyridine rings is 1. The average molecular weight is 427 g/mol. The van der Waals surface area contributed by atoms with E-state index >= 15 is 0 Å². The van der Waals surface area contributed by atoms with Crippen LogP contribution in [0.2, 0.25) is 0 Å². The van der Waals surface area contributed by atoms with Crippen molar-refractivity contribution < 1.29 is 13.8 Å². The van der Waals surface area contributed by atoms with E-state index in [2.05, 4.69) is 43.9 Å². The minimum Gasteiger partial charge on any atom is -0.495 e. The fourth-order valence-electron chi connectivity index (χ4n) is 3.21. The number of carbonyl (C=O) groups excluding carboxylic acids is 1. The fraction of sp³-hybridized carbons (Fsp3) is 0.304. The number of hydrogen-bond donors (Lipinski definition) is 3. The number of rotatable bonds is 9. The van der Waals surface area contributed by atoms with E-state index in [4.69, 9.17) is 4.74 Å². The van der Waals surface area contributed by atoms with Crippen LogP contribution in [-0.2, 0) is 0 Å². The van der Waals surface area contributed by atoms with Gasteiger partial charge < -0.3 is 20.7 Å². The number of hydrogen-bond acceptors (Lipinski definition) is 6. The zero-order valence-electron chi connectivity index (χ0n) is 18.1. The molecular weight excluding hydrogens is 392 g/mol. The second-order valence-corrected chi connectivity index (χ2v) is 6.94. The SMILES string of the molecule is CCC[C@H](Nc1ccnc(-c2ccc(NC(=O)NCC)c(OC)c2)n1)c1cccnc1.[HH].[HH].[HH]. The Morgan fingerprint density at radius 3 is 2.77 bits per heavy atom. The number of carbonyl (C=O) groups is 1. The van der Waals surface area contributed by atoms with E-state index in [1.165, 1.54) is 0 Å². The van der Waals surface area contributed by atoms with Crippen LogP contribution in [0.4, 0.5) is 16.3 Å². The Balaban J connectivity index is 0.00000363. The number of urea groups is 1. The normalized spacial score (nSPS) is 11.5. The Kier molecular flexibility index (Phi) is 7.75. The van der Waals surface area contributed by atoms with Crippen LogP contribution >= 0.6 is 0 Å². The van der Waals surface area contributed by atoms with Crippen molar-refractivity contribution in [2.24, 2.45) is 0 Å². The molecule has 0 spiro atoms. The van der Waals surface area contributed by atoms with Gasteiger partial charge >= 0.3 is 6.03 Å². The van der Waals surface area contributed by atoms with Crippen molar-refractivity contribution in [3.8, 4) is 17.1 Å². The summed E-state index contributed by atoms with van der Waals surface area (Å²) >= 11 is 0. The maximum absolute atomic E-state index is 11.8. The molecular formula is C23H34N6O2. The maximum Gasteiger partial charge on any atom is 0.319 e. The largest absolute Gasteiger partial charge is 0.495 e. The average Bonchev–Trinajstić information content (AvgIpc) is 2.80. The molecule has 3 rings (SSSR count). The number of methoxy groups -OCH3 is 1. The monoisotopic (exact) mass is 426 g/mol. The molecule has 0 saturated carbocycles. The predicted octanol–water partition coefficient (Wildman–Crippen LogP) is 5.38. The number of nitrogens with one attached hydrogen (secondary N) is 3. The highest BCUT2D eigenvalue weighted by Crippen LogP contribution is 2.30. The molecule has 0 aliphatic rings. The highest BCUT2D eigenvalue weighted by molar-refractivity contribution is 5.91. The molecule has 3 aromatic rings. The van der Waals surface area contributed by atoms with E-state index in [1.807, 2.05) is 37.4 Å². The maximum atomic E-state index is 11.8. The van der Waals surface area contributed by atoms with Gasteiger partial charge in [-0.05, 0) is 49.2 Å². The second kappa shape index (κ2) is 10.9. The zero-order valence-corrected chi connectivity index (χ0v) is 18.1. The lowest BCUT2D eigenvalue weighted by Gasteiger charge is -2.19. The summed E-state index contributed by atoms with van der Waals surface area (Å²) in [6.45, 7) is 4.55. The molecule has 1 aromatic carbocycles. The number of amides is 2. The third kappa shape index (κ3) is 5.91. The summed E-state index contributed by atoms with van der Waals surface area (Å²) in [6, 6.07) is 11.1. The van der Waals surface area contributed by atoms with Gasteiger partial charge in [0.1, 0.15) is 11.6 Å². The Morgan fingerprint density at radius 2 is 2.06 bits per heavy atom. The van der Waals surface area contributed by atoms with Crippen LogP contribution in [0.1, 0.15) is 42.6 Å². The highest BCUT2D eigenvalue weighted by atomic mass is 16.5. The van der Waals surface area contributed by atoms with E-state index in [9.17, 15) is 4.79 Å². The van der Waals surface area contributed by atoms with Gasteiger partial charge in [-0.2, -0.15) is 0 Å². The summed E-state index contributed by atoms with van der Waals surface area (Å²) < 4.78 is 5.45. The van der Waals surface area contributed by atoms with Crippen molar-refractivity contribution in [2.45, 2.75) is 32.7 Å². The van der Waals surface area contributed by atoms with Crippen LogP contribution in [0.25, 0.3) is 11.4 Å². The molecule has 0 unspecified atom stereocenters. The third-order valence-electron chi connectivity index (χ3n) is 4.69. The van der Waals surface area contributed by atoms with Gasteiger partial charge in [0.15, 0.2) is 5.82 Å². The number of benzene rings is 1. The van der Waals surface area contributed by atoms with Gasteiger partial charge in [0, 0.05) is 35.0 Å². The lowest BCUT2D eigenvalue weighted by atomic mass is 10.0. The van der Waals surface area contributed by atoms with E-state index < -0.39 is 0 Å². The Hall–Kier alpha value is -3.68. The smallest absolute Gasteiger partial charge is 0.319 e. The summed E-state index contributed by atoms with van der Waals surface area (Å²) in [5.41, 5.74) is 2.48. The molecule has 2 aromatic heterocycles. The van der Waals surface area contributed by atoms with E-state index in [0.717, 1.165) is 29.8 Å². The minimum absolute atomic E-state index is 0. The predicted molar refractivity (Wildman–Crippen MR) is 129 cm³/mol. The topological polar surface area (TPSA) is 101 Å². The minimum atomic E-state index is -0.284. The molecule has 0 fully saturated rings. The number of nitrogens with zero attached hydrogens (tertiary/aromatic N) is 3. The molecule has 168 valence electrons. The lowest BCUT2D eigenvalue weighted by Crippen LogP contribution is -2.28. The fourth-order valence-corrected chi connectivity index (χ4v) is 3.21. The van der Waals surface area contributed by atoms with Gasteiger partial charge in [0.05, 0.1) is 18.8 Å². The third-order valence-corrected chi connectivity index (χ3v) is 4.69. The Morgan fingerprint density at radius 1 is 1.19 bits per heavy atom. The van der Waals surface area contributed by atoms with Crippen molar-refractivity contribution >= 4 is 17.5 Å². The summed E-state index contributed by atoms with van der Waals surface area (Å²) in [5, 5.41) is 8.97. The van der Waals surface area contributed by atoms with Crippen LogP contribution < -0.4 is 20.7 Å². The van der Waals surface area contributed by atoms with Crippen molar-refractivity contribution in [3.63, 3.8) is 0 Å². The standard InChI is InChI=1S/C23H28N6O2.3H2/c1-4-7-18(17-8-6-12-24-15-17)27-21-11-13-26-22(29-21)16-9-10-19(20(14-16)31-3)28-23(30)25-5-2;;;/h6,8-15,18H,4-5,7H2,1-3H3,(H2,25,28,30)(H,26,27,29);3*1H/t18-;;;/m0.../s1. The molecule has 8 heteroatoms. The van der Waals surface area contributed by atoms with Crippen LogP contribution in [-0.4, -0.2) is 34.6 Å². The molecule has 31 heavy (non-hydrogen) atoms. The quantitative estimate of drug-likeness (QED) is 0.425. The van der Waals surface area contributed by atoms with Crippen molar-refractivity contribution in [1.82, 2.24) is 20.3 Å². The molecule has 0 saturated heterocycles. The van der Waals surface area contributed by atoms with Crippen LogP contribution in [0.5, 0.6) is 5.75 Å². The molecule has 2 heterocycles. The van der Waals surface area contributed by atoms with Gasteiger partial charge in [-0.1, -0.05) is 19.4 Å².